The molecular weight excluding hydrogens is 258 g/mol. The van der Waals surface area contributed by atoms with Crippen LogP contribution in [0.4, 0.5) is 0 Å². The SMILES string of the molecule is C=CC(C)(CNC1CC1)Cc1cc(Cl)ccc1OC. The molecule has 2 rings (SSSR count). The molecule has 19 heavy (non-hydrogen) atoms. The van der Waals surface area contributed by atoms with Crippen LogP contribution in [0.1, 0.15) is 25.3 Å². The molecule has 0 aliphatic heterocycles. The molecule has 1 aliphatic rings. The van der Waals surface area contributed by atoms with Gasteiger partial charge in [0.1, 0.15) is 5.75 Å². The molecule has 3 heteroatoms. The fraction of sp³-hybridized carbons (Fsp3) is 0.500. The van der Waals surface area contributed by atoms with E-state index in [1.54, 1.807) is 7.11 Å². The van der Waals surface area contributed by atoms with Gasteiger partial charge in [0.15, 0.2) is 0 Å². The first-order valence-electron chi connectivity index (χ1n) is 6.76. The first-order valence-corrected chi connectivity index (χ1v) is 7.13. The summed E-state index contributed by atoms with van der Waals surface area (Å²) in [6.07, 6.45) is 5.50. The van der Waals surface area contributed by atoms with Crippen LogP contribution in [0, 0.1) is 5.41 Å². The topological polar surface area (TPSA) is 21.3 Å². The highest BCUT2D eigenvalue weighted by Gasteiger charge is 2.27. The Morgan fingerprint density at radius 1 is 1.53 bits per heavy atom. The molecule has 0 radical (unpaired) electrons. The van der Waals surface area contributed by atoms with E-state index in [2.05, 4.69) is 18.8 Å². The van der Waals surface area contributed by atoms with Crippen LogP contribution in [0.15, 0.2) is 30.9 Å². The Morgan fingerprint density at radius 2 is 2.26 bits per heavy atom. The van der Waals surface area contributed by atoms with E-state index in [0.29, 0.717) is 6.04 Å². The molecule has 1 fully saturated rings. The number of halogens is 1. The van der Waals surface area contributed by atoms with Crippen LogP contribution in [0.2, 0.25) is 5.02 Å². The number of methoxy groups -OCH3 is 1. The van der Waals surface area contributed by atoms with Crippen molar-refractivity contribution in [2.45, 2.75) is 32.2 Å². The zero-order valence-corrected chi connectivity index (χ0v) is 12.5. The Bertz CT molecular complexity index is 456. The van der Waals surface area contributed by atoms with Crippen LogP contribution in [-0.2, 0) is 6.42 Å². The molecule has 1 aliphatic carbocycles. The highest BCUT2D eigenvalue weighted by atomic mass is 35.5. The molecule has 1 N–H and O–H groups in total. The van der Waals surface area contributed by atoms with Gasteiger partial charge in [0.05, 0.1) is 7.11 Å². The summed E-state index contributed by atoms with van der Waals surface area (Å²) in [5, 5.41) is 4.32. The van der Waals surface area contributed by atoms with Crippen LogP contribution in [0.5, 0.6) is 5.75 Å². The van der Waals surface area contributed by atoms with Gasteiger partial charge in [-0.2, -0.15) is 0 Å². The lowest BCUT2D eigenvalue weighted by atomic mass is 9.83. The number of nitrogens with one attached hydrogen (secondary N) is 1. The Hall–Kier alpha value is -0.990. The van der Waals surface area contributed by atoms with E-state index < -0.39 is 0 Å². The van der Waals surface area contributed by atoms with Crippen LogP contribution in [-0.4, -0.2) is 19.7 Å². The minimum absolute atomic E-state index is 0.0144. The van der Waals surface area contributed by atoms with Crippen molar-refractivity contribution < 1.29 is 4.74 Å². The van der Waals surface area contributed by atoms with Crippen molar-refractivity contribution in [3.63, 3.8) is 0 Å². The van der Waals surface area contributed by atoms with E-state index in [-0.39, 0.29) is 5.41 Å². The monoisotopic (exact) mass is 279 g/mol. The van der Waals surface area contributed by atoms with E-state index in [1.807, 2.05) is 24.3 Å². The van der Waals surface area contributed by atoms with Crippen LogP contribution >= 0.6 is 11.6 Å². The lowest BCUT2D eigenvalue weighted by Gasteiger charge is -2.27. The molecule has 0 aromatic heterocycles. The van der Waals surface area contributed by atoms with Gasteiger partial charge in [-0.15, -0.1) is 6.58 Å². The van der Waals surface area contributed by atoms with Gasteiger partial charge in [0, 0.05) is 23.0 Å². The van der Waals surface area contributed by atoms with Gasteiger partial charge in [-0.1, -0.05) is 24.6 Å². The smallest absolute Gasteiger partial charge is 0.122 e. The Labute approximate surface area is 120 Å². The summed E-state index contributed by atoms with van der Waals surface area (Å²) in [5.74, 6) is 0.892. The minimum atomic E-state index is 0.0144. The van der Waals surface area contributed by atoms with E-state index in [0.717, 1.165) is 29.3 Å². The molecule has 1 unspecified atom stereocenters. The third kappa shape index (κ3) is 3.99. The van der Waals surface area contributed by atoms with Gasteiger partial charge >= 0.3 is 0 Å². The highest BCUT2D eigenvalue weighted by molar-refractivity contribution is 6.30. The average Bonchev–Trinajstić information content (AvgIpc) is 3.21. The van der Waals surface area contributed by atoms with Crippen molar-refractivity contribution in [1.82, 2.24) is 5.32 Å². The second-order valence-electron chi connectivity index (χ2n) is 5.65. The maximum atomic E-state index is 6.09. The van der Waals surface area contributed by atoms with E-state index in [1.165, 1.54) is 12.8 Å². The lowest BCUT2D eigenvalue weighted by molar-refractivity contribution is 0.369. The summed E-state index contributed by atoms with van der Waals surface area (Å²) >= 11 is 6.09. The molecule has 0 spiro atoms. The molecule has 0 heterocycles. The summed E-state index contributed by atoms with van der Waals surface area (Å²) in [7, 11) is 1.69. The van der Waals surface area contributed by atoms with Crippen molar-refractivity contribution in [1.29, 1.82) is 0 Å². The van der Waals surface area contributed by atoms with Crippen molar-refractivity contribution in [2.24, 2.45) is 5.41 Å². The zero-order valence-electron chi connectivity index (χ0n) is 11.7. The molecule has 1 saturated carbocycles. The third-order valence-electron chi connectivity index (χ3n) is 3.70. The van der Waals surface area contributed by atoms with Gasteiger partial charge in [-0.3, -0.25) is 0 Å². The number of hydrogen-bond donors (Lipinski definition) is 1. The molecular formula is C16H22ClNO. The predicted molar refractivity (Wildman–Crippen MR) is 81.0 cm³/mol. The number of benzene rings is 1. The normalized spacial score (nSPS) is 17.8. The van der Waals surface area contributed by atoms with Gasteiger partial charge in [0.25, 0.3) is 0 Å². The Kier molecular flexibility index (Phi) is 4.54. The summed E-state index contributed by atoms with van der Waals surface area (Å²) in [6, 6.07) is 6.48. The maximum absolute atomic E-state index is 6.09. The second-order valence-corrected chi connectivity index (χ2v) is 6.08. The summed E-state index contributed by atoms with van der Waals surface area (Å²) in [5.41, 5.74) is 1.15. The lowest BCUT2D eigenvalue weighted by Crippen LogP contribution is -2.33. The zero-order chi connectivity index (χ0) is 13.9. The highest BCUT2D eigenvalue weighted by Crippen LogP contribution is 2.31. The van der Waals surface area contributed by atoms with Crippen molar-refractivity contribution in [2.75, 3.05) is 13.7 Å². The first-order chi connectivity index (χ1) is 9.06. The molecule has 104 valence electrons. The molecule has 1 atom stereocenters. The Balaban J connectivity index is 2.11. The fourth-order valence-electron chi connectivity index (χ4n) is 2.19. The Morgan fingerprint density at radius 3 is 2.84 bits per heavy atom. The van der Waals surface area contributed by atoms with E-state index in [9.17, 15) is 0 Å². The second kappa shape index (κ2) is 5.98. The van der Waals surface area contributed by atoms with Gasteiger partial charge in [-0.25, -0.2) is 0 Å². The largest absolute Gasteiger partial charge is 0.496 e. The summed E-state index contributed by atoms with van der Waals surface area (Å²) in [4.78, 5) is 0. The molecule has 0 amide bonds. The maximum Gasteiger partial charge on any atom is 0.122 e. The van der Waals surface area contributed by atoms with Crippen LogP contribution in [0.25, 0.3) is 0 Å². The van der Waals surface area contributed by atoms with Gasteiger partial charge in [-0.05, 0) is 43.0 Å². The average molecular weight is 280 g/mol. The molecule has 0 bridgehead atoms. The van der Waals surface area contributed by atoms with E-state index in [4.69, 9.17) is 16.3 Å². The van der Waals surface area contributed by atoms with Gasteiger partial charge in [0.2, 0.25) is 0 Å². The van der Waals surface area contributed by atoms with Crippen molar-refractivity contribution in [3.05, 3.63) is 41.4 Å². The molecule has 2 nitrogen and oxygen atoms in total. The third-order valence-corrected chi connectivity index (χ3v) is 3.94. The number of hydrogen-bond acceptors (Lipinski definition) is 2. The quantitative estimate of drug-likeness (QED) is 0.766. The van der Waals surface area contributed by atoms with Crippen LogP contribution < -0.4 is 10.1 Å². The number of rotatable bonds is 7. The molecule has 0 saturated heterocycles. The van der Waals surface area contributed by atoms with E-state index >= 15 is 0 Å². The first kappa shape index (κ1) is 14.4. The standard InChI is InChI=1S/C16H22ClNO/c1-4-16(2,11-18-14-6-7-14)10-12-9-13(17)5-8-15(12)19-3/h4-5,8-9,14,18H,1,6-7,10-11H2,2-3H3. The molecule has 1 aromatic rings. The van der Waals surface area contributed by atoms with Crippen molar-refractivity contribution in [3.8, 4) is 5.75 Å². The molecule has 1 aromatic carbocycles. The summed E-state index contributed by atoms with van der Waals surface area (Å²) < 4.78 is 5.42. The minimum Gasteiger partial charge on any atom is -0.496 e. The van der Waals surface area contributed by atoms with Crippen molar-refractivity contribution >= 4 is 11.6 Å². The number of ether oxygens (including phenoxy) is 1. The predicted octanol–water partition coefficient (Wildman–Crippen LogP) is 3.84. The fourth-order valence-corrected chi connectivity index (χ4v) is 2.39. The van der Waals surface area contributed by atoms with Gasteiger partial charge < -0.3 is 10.1 Å². The summed E-state index contributed by atoms with van der Waals surface area (Å²) in [6.45, 7) is 7.15. The van der Waals surface area contributed by atoms with Crippen LogP contribution in [0.3, 0.4) is 0 Å².